The normalized spacial score (nSPS) is 19.5. The molecule has 1 N–H and O–H groups in total. The first-order valence-corrected chi connectivity index (χ1v) is 7.14. The van der Waals surface area contributed by atoms with Crippen LogP contribution < -0.4 is 4.90 Å². The monoisotopic (exact) mass is 311 g/mol. The summed E-state index contributed by atoms with van der Waals surface area (Å²) in [6, 6.07) is 2.43. The molecule has 2 aromatic heterocycles. The van der Waals surface area contributed by atoms with Gasteiger partial charge in [0, 0.05) is 12.7 Å². The van der Waals surface area contributed by atoms with Crippen LogP contribution in [0.25, 0.3) is 0 Å². The molecule has 22 heavy (non-hydrogen) atoms. The molecule has 0 saturated carbocycles. The van der Waals surface area contributed by atoms with Crippen molar-refractivity contribution in [3.05, 3.63) is 35.5 Å². The van der Waals surface area contributed by atoms with Gasteiger partial charge < -0.3 is 4.90 Å². The van der Waals surface area contributed by atoms with E-state index in [1.807, 2.05) is 11.8 Å². The number of hydrogen-bond acceptors (Lipinski definition) is 4. The van der Waals surface area contributed by atoms with Crippen molar-refractivity contribution < 1.29 is 13.2 Å². The van der Waals surface area contributed by atoms with Crippen molar-refractivity contribution in [2.75, 3.05) is 11.4 Å². The molecule has 3 rings (SSSR count). The van der Waals surface area contributed by atoms with Gasteiger partial charge in [-0.2, -0.15) is 18.3 Å². The van der Waals surface area contributed by atoms with Gasteiger partial charge in [-0.15, -0.1) is 0 Å². The maximum absolute atomic E-state index is 12.6. The molecule has 0 aliphatic carbocycles. The van der Waals surface area contributed by atoms with E-state index < -0.39 is 11.7 Å². The molecule has 5 nitrogen and oxygen atoms in total. The Kier molecular flexibility index (Phi) is 3.76. The second-order valence-corrected chi connectivity index (χ2v) is 5.39. The Morgan fingerprint density at radius 1 is 1.27 bits per heavy atom. The van der Waals surface area contributed by atoms with Gasteiger partial charge in [-0.05, 0) is 38.3 Å². The van der Waals surface area contributed by atoms with Crippen LogP contribution in [-0.2, 0) is 6.18 Å². The molecular weight excluding hydrogens is 295 g/mol. The van der Waals surface area contributed by atoms with Crippen LogP contribution in [0.4, 0.5) is 19.0 Å². The average Bonchev–Trinajstić information content (AvgIpc) is 2.93. The quantitative estimate of drug-likeness (QED) is 0.925. The smallest absolute Gasteiger partial charge is 0.346 e. The lowest BCUT2D eigenvalue weighted by molar-refractivity contribution is -0.137. The number of aromatic nitrogens is 4. The Morgan fingerprint density at radius 3 is 2.68 bits per heavy atom. The van der Waals surface area contributed by atoms with Crippen molar-refractivity contribution in [2.45, 2.75) is 38.4 Å². The third-order valence-electron chi connectivity index (χ3n) is 3.78. The number of anilines is 1. The van der Waals surface area contributed by atoms with E-state index in [1.165, 1.54) is 6.07 Å². The predicted octanol–water partition coefficient (Wildman–Crippen LogP) is 3.26. The van der Waals surface area contributed by atoms with Crippen LogP contribution in [0.2, 0.25) is 0 Å². The molecule has 0 spiro atoms. The van der Waals surface area contributed by atoms with Gasteiger partial charge in [0.2, 0.25) is 0 Å². The lowest BCUT2D eigenvalue weighted by Gasteiger charge is -2.35. The number of piperidine rings is 1. The fourth-order valence-electron chi connectivity index (χ4n) is 2.71. The first kappa shape index (κ1) is 14.8. The standard InChI is InChI=1S/C14H16F3N5/c1-9-19-13(21-20-9)11-4-2-3-7-22(11)12-6-5-10(8-18-12)14(15,16)17/h5-6,8,11H,2-4,7H2,1H3,(H,19,20,21)/t11-/m1/s1. The zero-order valence-corrected chi connectivity index (χ0v) is 12.1. The number of aromatic amines is 1. The molecule has 8 heteroatoms. The summed E-state index contributed by atoms with van der Waals surface area (Å²) >= 11 is 0. The molecule has 1 atom stereocenters. The van der Waals surface area contributed by atoms with Crippen molar-refractivity contribution in [3.8, 4) is 0 Å². The number of halogens is 3. The van der Waals surface area contributed by atoms with Crippen molar-refractivity contribution in [1.29, 1.82) is 0 Å². The predicted molar refractivity (Wildman–Crippen MR) is 74.3 cm³/mol. The van der Waals surface area contributed by atoms with Crippen LogP contribution in [0.3, 0.4) is 0 Å². The number of alkyl halides is 3. The lowest BCUT2D eigenvalue weighted by Crippen LogP contribution is -2.34. The summed E-state index contributed by atoms with van der Waals surface area (Å²) in [6.07, 6.45) is -0.615. The van der Waals surface area contributed by atoms with Gasteiger partial charge in [-0.1, -0.05) is 0 Å². The van der Waals surface area contributed by atoms with Gasteiger partial charge in [-0.3, -0.25) is 5.10 Å². The van der Waals surface area contributed by atoms with Gasteiger partial charge in [0.05, 0.1) is 11.6 Å². The first-order chi connectivity index (χ1) is 10.4. The van der Waals surface area contributed by atoms with E-state index in [1.54, 1.807) is 0 Å². The summed E-state index contributed by atoms with van der Waals surface area (Å²) in [5.41, 5.74) is -0.737. The summed E-state index contributed by atoms with van der Waals surface area (Å²) in [4.78, 5) is 10.3. The van der Waals surface area contributed by atoms with E-state index in [2.05, 4.69) is 20.2 Å². The number of nitrogens with one attached hydrogen (secondary N) is 1. The summed E-state index contributed by atoms with van der Waals surface area (Å²) in [5, 5.41) is 7.00. The maximum Gasteiger partial charge on any atom is 0.417 e. The maximum atomic E-state index is 12.6. The van der Waals surface area contributed by atoms with Crippen molar-refractivity contribution in [2.24, 2.45) is 0 Å². The van der Waals surface area contributed by atoms with Gasteiger partial charge in [0.1, 0.15) is 11.6 Å². The number of H-pyrrole nitrogens is 1. The highest BCUT2D eigenvalue weighted by molar-refractivity contribution is 5.42. The average molecular weight is 311 g/mol. The summed E-state index contributed by atoms with van der Waals surface area (Å²) in [6.45, 7) is 2.55. The van der Waals surface area contributed by atoms with Gasteiger partial charge >= 0.3 is 6.18 Å². The minimum Gasteiger partial charge on any atom is -0.346 e. The molecular formula is C14H16F3N5. The highest BCUT2D eigenvalue weighted by Gasteiger charge is 2.32. The lowest BCUT2D eigenvalue weighted by atomic mass is 10.0. The molecule has 1 saturated heterocycles. The molecule has 0 aromatic carbocycles. The van der Waals surface area contributed by atoms with E-state index in [0.29, 0.717) is 11.6 Å². The van der Waals surface area contributed by atoms with Crippen LogP contribution in [0.15, 0.2) is 18.3 Å². The Hall–Kier alpha value is -2.12. The zero-order chi connectivity index (χ0) is 15.7. The molecule has 1 aliphatic rings. The van der Waals surface area contributed by atoms with Gasteiger partial charge in [0.15, 0.2) is 5.82 Å². The zero-order valence-electron chi connectivity index (χ0n) is 12.1. The van der Waals surface area contributed by atoms with Crippen molar-refractivity contribution >= 4 is 5.82 Å². The van der Waals surface area contributed by atoms with E-state index in [9.17, 15) is 13.2 Å². The molecule has 0 amide bonds. The Bertz CT molecular complexity index is 635. The fraction of sp³-hybridized carbons (Fsp3) is 0.500. The number of nitrogens with zero attached hydrogens (tertiary/aromatic N) is 4. The Labute approximate surface area is 125 Å². The molecule has 118 valence electrons. The van der Waals surface area contributed by atoms with Crippen LogP contribution in [-0.4, -0.2) is 26.7 Å². The van der Waals surface area contributed by atoms with Crippen LogP contribution >= 0.6 is 0 Å². The van der Waals surface area contributed by atoms with Crippen LogP contribution in [0.5, 0.6) is 0 Å². The molecule has 0 bridgehead atoms. The van der Waals surface area contributed by atoms with Gasteiger partial charge in [0.25, 0.3) is 0 Å². The van der Waals surface area contributed by atoms with E-state index in [4.69, 9.17) is 0 Å². The summed E-state index contributed by atoms with van der Waals surface area (Å²) in [5.74, 6) is 1.92. The number of rotatable bonds is 2. The topological polar surface area (TPSA) is 57.7 Å². The van der Waals surface area contributed by atoms with Crippen LogP contribution in [0.1, 0.15) is 42.5 Å². The Balaban J connectivity index is 1.87. The SMILES string of the molecule is Cc1nc([C@H]2CCCCN2c2ccc(C(F)(F)F)cn2)n[nH]1. The highest BCUT2D eigenvalue weighted by Crippen LogP contribution is 2.34. The van der Waals surface area contributed by atoms with Crippen LogP contribution in [0, 0.1) is 6.92 Å². The van der Waals surface area contributed by atoms with E-state index in [-0.39, 0.29) is 6.04 Å². The van der Waals surface area contributed by atoms with E-state index >= 15 is 0 Å². The fourth-order valence-corrected chi connectivity index (χ4v) is 2.71. The molecule has 1 fully saturated rings. The summed E-state index contributed by atoms with van der Waals surface area (Å²) < 4.78 is 37.9. The third-order valence-corrected chi connectivity index (χ3v) is 3.78. The number of aryl methyl sites for hydroxylation is 1. The first-order valence-electron chi connectivity index (χ1n) is 7.14. The van der Waals surface area contributed by atoms with Gasteiger partial charge in [-0.25, -0.2) is 9.97 Å². The minimum atomic E-state index is -4.37. The third kappa shape index (κ3) is 2.90. The molecule has 0 unspecified atom stereocenters. The van der Waals surface area contributed by atoms with Crippen molar-refractivity contribution in [1.82, 2.24) is 20.2 Å². The Morgan fingerprint density at radius 2 is 2.09 bits per heavy atom. The largest absolute Gasteiger partial charge is 0.417 e. The molecule has 0 radical (unpaired) electrons. The molecule has 3 heterocycles. The van der Waals surface area contributed by atoms with Crippen molar-refractivity contribution in [3.63, 3.8) is 0 Å². The van der Waals surface area contributed by atoms with E-state index in [0.717, 1.165) is 43.9 Å². The summed E-state index contributed by atoms with van der Waals surface area (Å²) in [7, 11) is 0. The second kappa shape index (κ2) is 5.58. The molecule has 2 aromatic rings. The number of hydrogen-bond donors (Lipinski definition) is 1. The minimum absolute atomic E-state index is 0.0528. The highest BCUT2D eigenvalue weighted by atomic mass is 19.4. The molecule has 1 aliphatic heterocycles. The number of pyridine rings is 1. The second-order valence-electron chi connectivity index (χ2n) is 5.39.